The highest BCUT2D eigenvalue weighted by Gasteiger charge is 2.41. The molecule has 166 valence electrons. The lowest BCUT2D eigenvalue weighted by Gasteiger charge is -2.36. The van der Waals surface area contributed by atoms with Crippen LogP contribution in [-0.4, -0.2) is 76.6 Å². The van der Waals surface area contributed by atoms with Crippen molar-refractivity contribution < 1.29 is 10.2 Å². The number of aryl methyl sites for hydroxylation is 1. The molecule has 2 aliphatic heterocycles. The van der Waals surface area contributed by atoms with Crippen LogP contribution in [0.2, 0.25) is 0 Å². The Hall–Kier alpha value is -2.22. The summed E-state index contributed by atoms with van der Waals surface area (Å²) in [5.74, 6) is 1.80. The fourth-order valence-electron chi connectivity index (χ4n) is 5.47. The van der Waals surface area contributed by atoms with E-state index in [1.165, 1.54) is 11.3 Å². The fourth-order valence-corrected chi connectivity index (χ4v) is 5.47. The van der Waals surface area contributed by atoms with Crippen LogP contribution in [0.3, 0.4) is 0 Å². The summed E-state index contributed by atoms with van der Waals surface area (Å²) in [5.41, 5.74) is 3.50. The maximum absolute atomic E-state index is 9.98. The van der Waals surface area contributed by atoms with E-state index in [-0.39, 0.29) is 0 Å². The van der Waals surface area contributed by atoms with Crippen LogP contribution in [0, 0.1) is 18.8 Å². The Bertz CT molecular complexity index is 869. The number of fused-ring (bicyclic) bond motifs is 1. The van der Waals surface area contributed by atoms with E-state index in [2.05, 4.69) is 52.0 Å². The van der Waals surface area contributed by atoms with Crippen molar-refractivity contribution in [1.29, 1.82) is 0 Å². The molecule has 1 aliphatic carbocycles. The Kier molecular flexibility index (Phi) is 5.82. The van der Waals surface area contributed by atoms with Crippen LogP contribution < -0.4 is 9.80 Å². The van der Waals surface area contributed by atoms with Gasteiger partial charge in [0.15, 0.2) is 0 Å². The molecule has 3 aliphatic rings. The van der Waals surface area contributed by atoms with Crippen molar-refractivity contribution >= 4 is 11.6 Å². The molecule has 0 radical (unpaired) electrons. The van der Waals surface area contributed by atoms with Crippen molar-refractivity contribution in [2.45, 2.75) is 38.5 Å². The molecule has 0 spiro atoms. The number of aliphatic hydroxyl groups excluding tert-OH is 2. The number of para-hydroxylation sites is 1. The number of piperazine rings is 1. The van der Waals surface area contributed by atoms with Crippen molar-refractivity contribution in [3.8, 4) is 0 Å². The van der Waals surface area contributed by atoms with Gasteiger partial charge in [0.05, 0.1) is 12.2 Å². The van der Waals surface area contributed by atoms with Crippen molar-refractivity contribution in [1.82, 2.24) is 14.9 Å². The molecule has 0 amide bonds. The molecule has 7 heteroatoms. The number of aliphatic hydroxyl groups is 2. The van der Waals surface area contributed by atoms with Crippen LogP contribution in [0.4, 0.5) is 11.6 Å². The van der Waals surface area contributed by atoms with Gasteiger partial charge in [-0.25, -0.2) is 9.97 Å². The van der Waals surface area contributed by atoms with E-state index in [9.17, 15) is 10.2 Å². The Morgan fingerprint density at radius 3 is 2.13 bits per heavy atom. The fraction of sp³-hybridized carbons (Fsp3) is 0.583. The number of aromatic nitrogens is 2. The molecule has 2 saturated heterocycles. The monoisotopic (exact) mass is 423 g/mol. The predicted molar refractivity (Wildman–Crippen MR) is 121 cm³/mol. The lowest BCUT2D eigenvalue weighted by atomic mass is 9.79. The zero-order chi connectivity index (χ0) is 21.4. The second-order valence-corrected chi connectivity index (χ2v) is 9.41. The van der Waals surface area contributed by atoms with Gasteiger partial charge >= 0.3 is 0 Å². The van der Waals surface area contributed by atoms with E-state index >= 15 is 0 Å². The minimum atomic E-state index is -0.562. The van der Waals surface area contributed by atoms with Gasteiger partial charge in [-0.15, -0.1) is 0 Å². The number of likely N-dealkylation sites (tertiary alicyclic amines) is 1. The van der Waals surface area contributed by atoms with Gasteiger partial charge < -0.3 is 20.0 Å². The number of rotatable bonds is 4. The van der Waals surface area contributed by atoms with E-state index in [0.717, 1.165) is 57.5 Å². The van der Waals surface area contributed by atoms with E-state index < -0.39 is 12.2 Å². The normalized spacial score (nSPS) is 29.3. The number of benzene rings is 1. The molecule has 3 fully saturated rings. The lowest BCUT2D eigenvalue weighted by Crippen LogP contribution is -2.47. The Morgan fingerprint density at radius 2 is 1.52 bits per heavy atom. The van der Waals surface area contributed by atoms with Gasteiger partial charge in [-0.2, -0.15) is 0 Å². The quantitative estimate of drug-likeness (QED) is 0.775. The summed E-state index contributed by atoms with van der Waals surface area (Å²) in [6.07, 6.45) is 2.30. The Balaban J connectivity index is 1.18. The van der Waals surface area contributed by atoms with Crippen LogP contribution in [0.5, 0.6) is 0 Å². The molecular formula is C24H33N5O2. The smallest absolute Gasteiger partial charge is 0.225 e. The molecule has 4 unspecified atom stereocenters. The van der Waals surface area contributed by atoms with Crippen LogP contribution in [-0.2, 0) is 6.54 Å². The molecule has 1 aromatic heterocycles. The first kappa shape index (κ1) is 20.7. The summed E-state index contributed by atoms with van der Waals surface area (Å²) in [7, 11) is 0. The molecule has 1 aromatic carbocycles. The first-order chi connectivity index (χ1) is 15.1. The summed E-state index contributed by atoms with van der Waals surface area (Å²) < 4.78 is 0. The summed E-state index contributed by atoms with van der Waals surface area (Å²) in [6.45, 7) is 8.69. The highest BCUT2D eigenvalue weighted by molar-refractivity contribution is 5.48. The van der Waals surface area contributed by atoms with Gasteiger partial charge in [0.1, 0.15) is 0 Å². The standard InChI is InChI=1S/C24H33N5O2/c1-17-20(16-27-14-18-11-22(30)23(31)12-19(18)15-27)13-25-24(26-17)29-9-7-28(8-10-29)21-5-3-2-4-6-21/h2-6,13,18-19,22-23,30-31H,7-12,14-16H2,1H3. The van der Waals surface area contributed by atoms with E-state index in [1.807, 2.05) is 6.20 Å². The van der Waals surface area contributed by atoms with Crippen LogP contribution >= 0.6 is 0 Å². The minimum absolute atomic E-state index is 0.486. The van der Waals surface area contributed by atoms with Gasteiger partial charge in [-0.1, -0.05) is 18.2 Å². The summed E-state index contributed by atoms with van der Waals surface area (Å²) in [6, 6.07) is 10.6. The van der Waals surface area contributed by atoms with Gasteiger partial charge in [0, 0.05) is 69.0 Å². The van der Waals surface area contributed by atoms with Crippen LogP contribution in [0.25, 0.3) is 0 Å². The minimum Gasteiger partial charge on any atom is -0.390 e. The molecule has 31 heavy (non-hydrogen) atoms. The first-order valence-corrected chi connectivity index (χ1v) is 11.5. The Morgan fingerprint density at radius 1 is 0.903 bits per heavy atom. The highest BCUT2D eigenvalue weighted by Crippen LogP contribution is 2.37. The molecule has 7 nitrogen and oxygen atoms in total. The average Bonchev–Trinajstić information content (AvgIpc) is 3.17. The third-order valence-electron chi connectivity index (χ3n) is 7.33. The molecule has 0 bridgehead atoms. The maximum atomic E-state index is 9.98. The molecular weight excluding hydrogens is 390 g/mol. The molecule has 2 aromatic rings. The Labute approximate surface area is 184 Å². The zero-order valence-corrected chi connectivity index (χ0v) is 18.3. The number of nitrogens with zero attached hydrogens (tertiary/aromatic N) is 5. The molecule has 3 heterocycles. The second-order valence-electron chi connectivity index (χ2n) is 9.41. The van der Waals surface area contributed by atoms with Crippen LogP contribution in [0.1, 0.15) is 24.1 Å². The third-order valence-corrected chi connectivity index (χ3v) is 7.33. The van der Waals surface area contributed by atoms with Crippen molar-refractivity contribution in [3.63, 3.8) is 0 Å². The van der Waals surface area contributed by atoms with Crippen molar-refractivity contribution in [2.24, 2.45) is 11.8 Å². The number of hydrogen-bond donors (Lipinski definition) is 2. The van der Waals surface area contributed by atoms with Gasteiger partial charge in [-0.05, 0) is 43.7 Å². The number of hydrogen-bond acceptors (Lipinski definition) is 7. The summed E-state index contributed by atoms with van der Waals surface area (Å²) in [4.78, 5) is 16.7. The summed E-state index contributed by atoms with van der Waals surface area (Å²) in [5, 5.41) is 20.0. The largest absolute Gasteiger partial charge is 0.390 e. The highest BCUT2D eigenvalue weighted by atomic mass is 16.3. The molecule has 4 atom stereocenters. The van der Waals surface area contributed by atoms with Gasteiger partial charge in [0.2, 0.25) is 5.95 Å². The van der Waals surface area contributed by atoms with E-state index in [0.29, 0.717) is 24.7 Å². The zero-order valence-electron chi connectivity index (χ0n) is 18.3. The molecule has 2 N–H and O–H groups in total. The number of anilines is 2. The molecule has 5 rings (SSSR count). The maximum Gasteiger partial charge on any atom is 0.225 e. The van der Waals surface area contributed by atoms with E-state index in [4.69, 9.17) is 9.97 Å². The van der Waals surface area contributed by atoms with Crippen molar-refractivity contribution in [2.75, 3.05) is 49.1 Å². The van der Waals surface area contributed by atoms with E-state index in [1.54, 1.807) is 0 Å². The summed E-state index contributed by atoms with van der Waals surface area (Å²) >= 11 is 0. The van der Waals surface area contributed by atoms with Gasteiger partial charge in [0.25, 0.3) is 0 Å². The van der Waals surface area contributed by atoms with Gasteiger partial charge in [-0.3, -0.25) is 4.90 Å². The first-order valence-electron chi connectivity index (χ1n) is 11.5. The SMILES string of the molecule is Cc1nc(N2CCN(c3ccccc3)CC2)ncc1CN1CC2CC(O)C(O)CC2C1. The second kappa shape index (κ2) is 8.73. The molecule has 1 saturated carbocycles. The average molecular weight is 424 g/mol. The van der Waals surface area contributed by atoms with Crippen LogP contribution in [0.15, 0.2) is 36.5 Å². The third kappa shape index (κ3) is 4.40. The van der Waals surface area contributed by atoms with Crippen molar-refractivity contribution in [3.05, 3.63) is 47.8 Å². The predicted octanol–water partition coefficient (Wildman–Crippen LogP) is 1.68. The lowest BCUT2D eigenvalue weighted by molar-refractivity contribution is -0.0372. The topological polar surface area (TPSA) is 76.0 Å².